The number of fused-ring (bicyclic) bond motifs is 1. The van der Waals surface area contributed by atoms with Gasteiger partial charge < -0.3 is 10.6 Å². The maximum atomic E-state index is 12.1. The van der Waals surface area contributed by atoms with Gasteiger partial charge in [0, 0.05) is 26.7 Å². The van der Waals surface area contributed by atoms with Gasteiger partial charge in [-0.05, 0) is 19.4 Å². The van der Waals surface area contributed by atoms with Gasteiger partial charge in [-0.2, -0.15) is 0 Å². The SMILES string of the molecule is CNC(=O)C12CCS(=O)(=O)N(C)C1CCNC2. The van der Waals surface area contributed by atoms with Crippen molar-refractivity contribution in [3.05, 3.63) is 0 Å². The van der Waals surface area contributed by atoms with Gasteiger partial charge in [0.15, 0.2) is 0 Å². The molecule has 0 aliphatic carbocycles. The van der Waals surface area contributed by atoms with Crippen molar-refractivity contribution in [1.29, 1.82) is 0 Å². The predicted molar refractivity (Wildman–Crippen MR) is 63.9 cm³/mol. The Morgan fingerprint density at radius 1 is 1.53 bits per heavy atom. The molecule has 1 amide bonds. The summed E-state index contributed by atoms with van der Waals surface area (Å²) in [6.45, 7) is 1.31. The number of nitrogens with zero attached hydrogens (tertiary/aromatic N) is 1. The van der Waals surface area contributed by atoms with E-state index < -0.39 is 15.4 Å². The van der Waals surface area contributed by atoms with Crippen LogP contribution in [0.25, 0.3) is 0 Å². The monoisotopic (exact) mass is 261 g/mol. The molecule has 17 heavy (non-hydrogen) atoms. The lowest BCUT2D eigenvalue weighted by Gasteiger charge is -2.49. The summed E-state index contributed by atoms with van der Waals surface area (Å²) in [5.41, 5.74) is -0.604. The molecule has 2 aliphatic heterocycles. The van der Waals surface area contributed by atoms with Gasteiger partial charge in [0.1, 0.15) is 0 Å². The molecular weight excluding hydrogens is 242 g/mol. The van der Waals surface area contributed by atoms with E-state index in [1.807, 2.05) is 0 Å². The number of amides is 1. The second kappa shape index (κ2) is 4.22. The molecule has 2 aliphatic rings. The van der Waals surface area contributed by atoms with E-state index in [-0.39, 0.29) is 17.7 Å². The quantitative estimate of drug-likeness (QED) is 0.618. The summed E-state index contributed by atoms with van der Waals surface area (Å²) in [4.78, 5) is 12.1. The molecule has 0 aromatic heterocycles. The summed E-state index contributed by atoms with van der Waals surface area (Å²) in [7, 11) is 0.00236. The van der Waals surface area contributed by atoms with Crippen LogP contribution in [0.2, 0.25) is 0 Å². The van der Waals surface area contributed by atoms with E-state index in [1.54, 1.807) is 14.1 Å². The molecule has 2 N–H and O–H groups in total. The molecular formula is C10H19N3O3S. The minimum atomic E-state index is -3.19. The van der Waals surface area contributed by atoms with Gasteiger partial charge in [0.05, 0.1) is 11.2 Å². The highest BCUT2D eigenvalue weighted by molar-refractivity contribution is 7.89. The Hall–Kier alpha value is -0.660. The van der Waals surface area contributed by atoms with Crippen molar-refractivity contribution in [1.82, 2.24) is 14.9 Å². The van der Waals surface area contributed by atoms with E-state index in [1.165, 1.54) is 4.31 Å². The minimum Gasteiger partial charge on any atom is -0.359 e. The fraction of sp³-hybridized carbons (Fsp3) is 0.900. The molecule has 7 heteroatoms. The zero-order chi connectivity index (χ0) is 12.7. The number of hydrogen-bond acceptors (Lipinski definition) is 4. The fourth-order valence-electron chi connectivity index (χ4n) is 2.97. The first-order chi connectivity index (χ1) is 7.94. The van der Waals surface area contributed by atoms with Crippen LogP contribution in [0.4, 0.5) is 0 Å². The van der Waals surface area contributed by atoms with Gasteiger partial charge in [0.2, 0.25) is 15.9 Å². The zero-order valence-corrected chi connectivity index (χ0v) is 11.0. The molecule has 6 nitrogen and oxygen atoms in total. The smallest absolute Gasteiger partial charge is 0.228 e. The third-order valence-corrected chi connectivity index (χ3v) is 5.89. The van der Waals surface area contributed by atoms with E-state index in [2.05, 4.69) is 10.6 Å². The van der Waals surface area contributed by atoms with Gasteiger partial charge in [-0.3, -0.25) is 4.79 Å². The summed E-state index contributed by atoms with van der Waals surface area (Å²) in [6.07, 6.45) is 1.08. The predicted octanol–water partition coefficient (Wildman–Crippen LogP) is -1.25. The molecule has 2 atom stereocenters. The Bertz CT molecular complexity index is 423. The average Bonchev–Trinajstić information content (AvgIpc) is 2.33. The molecule has 0 spiro atoms. The first kappa shape index (κ1) is 12.8. The first-order valence-electron chi connectivity index (χ1n) is 5.83. The molecule has 0 aromatic carbocycles. The largest absolute Gasteiger partial charge is 0.359 e. The number of carbonyl (C=O) groups is 1. The molecule has 2 heterocycles. The minimum absolute atomic E-state index is 0.0507. The molecule has 2 unspecified atom stereocenters. The lowest BCUT2D eigenvalue weighted by atomic mass is 9.73. The number of hydrogen-bond donors (Lipinski definition) is 2. The zero-order valence-electron chi connectivity index (χ0n) is 10.2. The molecule has 2 saturated heterocycles. The maximum Gasteiger partial charge on any atom is 0.228 e. The van der Waals surface area contributed by atoms with Gasteiger partial charge >= 0.3 is 0 Å². The number of sulfonamides is 1. The van der Waals surface area contributed by atoms with Crippen LogP contribution >= 0.6 is 0 Å². The maximum absolute atomic E-state index is 12.1. The summed E-state index contributed by atoms with van der Waals surface area (Å²) >= 11 is 0. The highest BCUT2D eigenvalue weighted by Crippen LogP contribution is 2.39. The van der Waals surface area contributed by atoms with E-state index in [0.29, 0.717) is 19.4 Å². The van der Waals surface area contributed by atoms with E-state index in [4.69, 9.17) is 0 Å². The van der Waals surface area contributed by atoms with Gasteiger partial charge in [0.25, 0.3) is 0 Å². The van der Waals surface area contributed by atoms with Crippen molar-refractivity contribution in [3.63, 3.8) is 0 Å². The molecule has 0 radical (unpaired) electrons. The van der Waals surface area contributed by atoms with Crippen molar-refractivity contribution in [2.45, 2.75) is 18.9 Å². The van der Waals surface area contributed by atoms with Crippen LogP contribution in [0.1, 0.15) is 12.8 Å². The van der Waals surface area contributed by atoms with Crippen molar-refractivity contribution in [2.75, 3.05) is 32.9 Å². The highest BCUT2D eigenvalue weighted by Gasteiger charge is 2.54. The normalized spacial score (nSPS) is 37.2. The summed E-state index contributed by atoms with van der Waals surface area (Å²) in [6, 6.07) is -0.220. The number of piperidine rings is 1. The van der Waals surface area contributed by atoms with Crippen LogP contribution < -0.4 is 10.6 Å². The molecule has 98 valence electrons. The number of carbonyl (C=O) groups excluding carboxylic acids is 1. The van der Waals surface area contributed by atoms with E-state index in [9.17, 15) is 13.2 Å². The van der Waals surface area contributed by atoms with Gasteiger partial charge in [-0.15, -0.1) is 0 Å². The summed E-state index contributed by atoms with van der Waals surface area (Å²) in [5.74, 6) is -0.00815. The lowest BCUT2D eigenvalue weighted by molar-refractivity contribution is -0.135. The molecule has 2 rings (SSSR count). The van der Waals surface area contributed by atoms with Crippen molar-refractivity contribution >= 4 is 15.9 Å². The Labute approximate surface area is 102 Å². The van der Waals surface area contributed by atoms with Crippen molar-refractivity contribution < 1.29 is 13.2 Å². The van der Waals surface area contributed by atoms with Gasteiger partial charge in [-0.25, -0.2) is 12.7 Å². The van der Waals surface area contributed by atoms with Crippen LogP contribution in [0.5, 0.6) is 0 Å². The first-order valence-corrected chi connectivity index (χ1v) is 7.43. The third kappa shape index (κ3) is 1.86. The number of nitrogens with one attached hydrogen (secondary N) is 2. The average molecular weight is 261 g/mol. The Kier molecular flexibility index (Phi) is 3.17. The topological polar surface area (TPSA) is 78.5 Å². The second-order valence-corrected chi connectivity index (χ2v) is 6.95. The molecule has 0 aromatic rings. The van der Waals surface area contributed by atoms with Crippen molar-refractivity contribution in [3.8, 4) is 0 Å². The molecule has 0 saturated carbocycles. The Balaban J connectivity index is 2.39. The van der Waals surface area contributed by atoms with Crippen LogP contribution in [0.3, 0.4) is 0 Å². The van der Waals surface area contributed by atoms with Crippen LogP contribution in [0, 0.1) is 5.41 Å². The molecule has 2 fully saturated rings. The van der Waals surface area contributed by atoms with Gasteiger partial charge in [-0.1, -0.05) is 0 Å². The van der Waals surface area contributed by atoms with Crippen LogP contribution in [0.15, 0.2) is 0 Å². The lowest BCUT2D eigenvalue weighted by Crippen LogP contribution is -2.66. The molecule has 0 bridgehead atoms. The van der Waals surface area contributed by atoms with E-state index >= 15 is 0 Å². The Morgan fingerprint density at radius 2 is 2.24 bits per heavy atom. The number of rotatable bonds is 1. The third-order valence-electron chi connectivity index (χ3n) is 4.04. The highest BCUT2D eigenvalue weighted by atomic mass is 32.2. The van der Waals surface area contributed by atoms with E-state index in [0.717, 1.165) is 6.54 Å². The summed E-state index contributed by atoms with van der Waals surface area (Å²) in [5, 5.41) is 5.88. The Morgan fingerprint density at radius 3 is 2.88 bits per heavy atom. The van der Waals surface area contributed by atoms with Crippen LogP contribution in [-0.2, 0) is 14.8 Å². The second-order valence-electron chi connectivity index (χ2n) is 4.80. The fourth-order valence-corrected chi connectivity index (χ4v) is 4.58. The summed E-state index contributed by atoms with van der Waals surface area (Å²) < 4.78 is 25.1. The standard InChI is InChI=1S/C10H19N3O3S/c1-11-9(14)10-4-6-17(15,16)13(2)8(10)3-5-12-7-10/h8,12H,3-7H2,1-2H3,(H,11,14). The van der Waals surface area contributed by atoms with Crippen molar-refractivity contribution in [2.24, 2.45) is 5.41 Å². The van der Waals surface area contributed by atoms with Crippen LogP contribution in [-0.4, -0.2) is 57.6 Å².